The molecule has 0 saturated carbocycles. The molecule has 0 amide bonds. The second-order valence-electron chi connectivity index (χ2n) is 7.10. The lowest BCUT2D eigenvalue weighted by molar-refractivity contribution is 0.255. The molecular weight excluding hydrogens is 382 g/mol. The largest absolute Gasteiger partial charge is 0.396 e. The summed E-state index contributed by atoms with van der Waals surface area (Å²) >= 11 is 0. The van der Waals surface area contributed by atoms with Gasteiger partial charge < -0.3 is 5.11 Å². The number of aliphatic hydroxyl groups is 1. The molecule has 0 fully saturated rings. The van der Waals surface area contributed by atoms with Crippen molar-refractivity contribution in [2.75, 3.05) is 12.4 Å². The molecule has 0 unspecified atom stereocenters. The molecule has 1 aliphatic rings. The Morgan fingerprint density at radius 3 is 2.41 bits per heavy atom. The zero-order valence-corrected chi connectivity index (χ0v) is 17.2. The van der Waals surface area contributed by atoms with Gasteiger partial charge in [0.05, 0.1) is 16.7 Å². The molecule has 1 aliphatic heterocycles. The molecule has 4 nitrogen and oxygen atoms in total. The molecule has 0 bridgehead atoms. The van der Waals surface area contributed by atoms with E-state index in [9.17, 15) is 8.42 Å². The Bertz CT molecular complexity index is 842. The summed E-state index contributed by atoms with van der Waals surface area (Å²) in [6.07, 6.45) is 2.92. The van der Waals surface area contributed by atoms with E-state index in [1.165, 1.54) is 0 Å². The van der Waals surface area contributed by atoms with Gasteiger partial charge in [-0.15, -0.1) is 12.4 Å². The highest BCUT2D eigenvalue weighted by atomic mass is 35.5. The molecule has 2 N–H and O–H groups in total. The first-order chi connectivity index (χ1) is 12.5. The van der Waals surface area contributed by atoms with Crippen molar-refractivity contribution in [3.05, 3.63) is 65.7 Å². The van der Waals surface area contributed by atoms with Crippen molar-refractivity contribution in [2.24, 2.45) is 0 Å². The number of halogens is 1. The van der Waals surface area contributed by atoms with Gasteiger partial charge in [-0.3, -0.25) is 5.32 Å². The van der Waals surface area contributed by atoms with E-state index in [2.05, 4.69) is 5.32 Å². The third-order valence-electron chi connectivity index (χ3n) is 5.36. The topological polar surface area (TPSA) is 66.4 Å². The molecule has 0 spiro atoms. The Morgan fingerprint density at radius 1 is 1.07 bits per heavy atom. The lowest BCUT2D eigenvalue weighted by Crippen LogP contribution is -2.50. The standard InChI is InChI=1S/C21H27NO3S.ClH/c1-2-21(14-8-9-15-23)16-26(24,25)19-13-7-6-12-18(19)20(22-21)17-10-4-3-5-11-17;/h3-7,10-13,20,22-23H,2,8-9,14-16H2,1H3;1H/t20-,21+;/m1./s1. The minimum absolute atomic E-state index is 0. The Labute approximate surface area is 168 Å². The average molecular weight is 410 g/mol. The molecule has 0 aromatic heterocycles. The lowest BCUT2D eigenvalue weighted by Gasteiger charge is -2.36. The summed E-state index contributed by atoms with van der Waals surface area (Å²) in [6.45, 7) is 2.17. The minimum atomic E-state index is -3.40. The van der Waals surface area contributed by atoms with Gasteiger partial charge in [-0.25, -0.2) is 8.42 Å². The van der Waals surface area contributed by atoms with Crippen LogP contribution >= 0.6 is 12.4 Å². The smallest absolute Gasteiger partial charge is 0.180 e. The van der Waals surface area contributed by atoms with Crippen molar-refractivity contribution in [1.82, 2.24) is 5.32 Å². The van der Waals surface area contributed by atoms with E-state index < -0.39 is 15.4 Å². The molecule has 2 aromatic rings. The van der Waals surface area contributed by atoms with Crippen LogP contribution in [0.15, 0.2) is 59.5 Å². The second kappa shape index (κ2) is 9.20. The maximum absolute atomic E-state index is 13.2. The summed E-state index contributed by atoms with van der Waals surface area (Å²) < 4.78 is 26.4. The van der Waals surface area contributed by atoms with Gasteiger partial charge in [0.1, 0.15) is 0 Å². The number of fused-ring (bicyclic) bond motifs is 1. The highest BCUT2D eigenvalue weighted by molar-refractivity contribution is 7.91. The Kier molecular flexibility index (Phi) is 7.46. The van der Waals surface area contributed by atoms with Crippen molar-refractivity contribution in [3.8, 4) is 0 Å². The number of unbranched alkanes of at least 4 members (excludes halogenated alkanes) is 1. The SMILES string of the molecule is CC[C@]1(CCCCO)CS(=O)(=O)c2ccccc2[C@@H](c2ccccc2)N1.Cl. The van der Waals surface area contributed by atoms with Crippen LogP contribution in [0.3, 0.4) is 0 Å². The third-order valence-corrected chi connectivity index (χ3v) is 7.33. The van der Waals surface area contributed by atoms with Crippen LogP contribution in [-0.2, 0) is 9.84 Å². The molecule has 0 saturated heterocycles. The van der Waals surface area contributed by atoms with Crippen LogP contribution in [0, 0.1) is 0 Å². The van der Waals surface area contributed by atoms with Crippen LogP contribution in [0.5, 0.6) is 0 Å². The molecule has 0 radical (unpaired) electrons. The maximum atomic E-state index is 13.2. The molecule has 148 valence electrons. The molecule has 3 rings (SSSR count). The van der Waals surface area contributed by atoms with Gasteiger partial charge in [0.25, 0.3) is 0 Å². The van der Waals surface area contributed by atoms with Gasteiger partial charge in [-0.2, -0.15) is 0 Å². The first kappa shape index (κ1) is 21.9. The molecule has 6 heteroatoms. The number of sulfone groups is 1. The van der Waals surface area contributed by atoms with Crippen LogP contribution in [0.25, 0.3) is 0 Å². The predicted octanol–water partition coefficient (Wildman–Crippen LogP) is 3.89. The van der Waals surface area contributed by atoms with Crippen LogP contribution in [-0.4, -0.2) is 31.4 Å². The van der Waals surface area contributed by atoms with Crippen molar-refractivity contribution in [1.29, 1.82) is 0 Å². The summed E-state index contributed by atoms with van der Waals surface area (Å²) in [5.41, 5.74) is 1.38. The highest BCUT2D eigenvalue weighted by Crippen LogP contribution is 2.37. The Morgan fingerprint density at radius 2 is 1.74 bits per heavy atom. The van der Waals surface area contributed by atoms with Gasteiger partial charge in [0.15, 0.2) is 9.84 Å². The highest BCUT2D eigenvalue weighted by Gasteiger charge is 2.41. The minimum Gasteiger partial charge on any atom is -0.396 e. The average Bonchev–Trinajstić information content (AvgIpc) is 2.76. The summed E-state index contributed by atoms with van der Waals surface area (Å²) in [5.74, 6) is 0.0856. The van der Waals surface area contributed by atoms with E-state index in [0.29, 0.717) is 11.3 Å². The monoisotopic (exact) mass is 409 g/mol. The van der Waals surface area contributed by atoms with E-state index in [4.69, 9.17) is 5.11 Å². The van der Waals surface area contributed by atoms with Gasteiger partial charge in [-0.05, 0) is 42.9 Å². The molecular formula is C21H28ClNO3S. The van der Waals surface area contributed by atoms with Gasteiger partial charge in [-0.1, -0.05) is 55.5 Å². The van der Waals surface area contributed by atoms with E-state index >= 15 is 0 Å². The second-order valence-corrected chi connectivity index (χ2v) is 9.06. The van der Waals surface area contributed by atoms with Crippen molar-refractivity contribution in [2.45, 2.75) is 49.1 Å². The van der Waals surface area contributed by atoms with Crippen LogP contribution in [0.2, 0.25) is 0 Å². The Balaban J connectivity index is 0.00000261. The third kappa shape index (κ3) is 4.72. The molecule has 27 heavy (non-hydrogen) atoms. The first-order valence-corrected chi connectivity index (χ1v) is 10.9. The molecule has 2 aromatic carbocycles. The number of aliphatic hydroxyl groups excluding tert-OH is 1. The van der Waals surface area contributed by atoms with Gasteiger partial charge >= 0.3 is 0 Å². The molecule has 0 aliphatic carbocycles. The molecule has 1 heterocycles. The van der Waals surface area contributed by atoms with Gasteiger partial charge in [0.2, 0.25) is 0 Å². The zero-order valence-electron chi connectivity index (χ0n) is 15.6. The predicted molar refractivity (Wildman–Crippen MR) is 111 cm³/mol. The maximum Gasteiger partial charge on any atom is 0.180 e. The quantitative estimate of drug-likeness (QED) is 0.710. The first-order valence-electron chi connectivity index (χ1n) is 9.26. The number of benzene rings is 2. The summed E-state index contributed by atoms with van der Waals surface area (Å²) in [7, 11) is -3.40. The zero-order chi connectivity index (χ0) is 18.6. The number of rotatable bonds is 6. The fraction of sp³-hybridized carbons (Fsp3) is 0.429. The van der Waals surface area contributed by atoms with Crippen LogP contribution < -0.4 is 5.32 Å². The Hall–Kier alpha value is -1.40. The van der Waals surface area contributed by atoms with E-state index in [-0.39, 0.29) is 30.8 Å². The van der Waals surface area contributed by atoms with Crippen LogP contribution in [0.4, 0.5) is 0 Å². The number of nitrogens with one attached hydrogen (secondary N) is 1. The molecule has 2 atom stereocenters. The van der Waals surface area contributed by atoms with Crippen LogP contribution in [0.1, 0.15) is 49.8 Å². The summed E-state index contributed by atoms with van der Waals surface area (Å²) in [4.78, 5) is 0.429. The summed E-state index contributed by atoms with van der Waals surface area (Å²) in [6, 6.07) is 17.2. The fourth-order valence-corrected chi connectivity index (χ4v) is 6.02. The van der Waals surface area contributed by atoms with E-state index in [1.807, 2.05) is 49.4 Å². The van der Waals surface area contributed by atoms with Gasteiger partial charge in [0, 0.05) is 12.1 Å². The van der Waals surface area contributed by atoms with Crippen molar-refractivity contribution in [3.63, 3.8) is 0 Å². The number of hydrogen-bond acceptors (Lipinski definition) is 4. The number of hydrogen-bond donors (Lipinski definition) is 2. The van der Waals surface area contributed by atoms with Crippen molar-refractivity contribution >= 4 is 22.2 Å². The lowest BCUT2D eigenvalue weighted by atomic mass is 9.88. The van der Waals surface area contributed by atoms with Crippen molar-refractivity contribution < 1.29 is 13.5 Å². The fourth-order valence-electron chi connectivity index (χ4n) is 3.88. The van der Waals surface area contributed by atoms with E-state index in [0.717, 1.165) is 30.4 Å². The van der Waals surface area contributed by atoms with E-state index in [1.54, 1.807) is 12.1 Å². The summed E-state index contributed by atoms with van der Waals surface area (Å²) in [5, 5.41) is 12.8. The normalized spacial score (nSPS) is 23.7.